The molecule has 2 aliphatic rings. The molecule has 116 valence electrons. The minimum atomic E-state index is -0.345. The van der Waals surface area contributed by atoms with Crippen LogP contribution < -0.4 is 10.5 Å². The van der Waals surface area contributed by atoms with Crippen LogP contribution in [0.25, 0.3) is 0 Å². The lowest BCUT2D eigenvalue weighted by atomic mass is 9.86. The van der Waals surface area contributed by atoms with Gasteiger partial charge in [0.25, 0.3) is 0 Å². The Morgan fingerprint density at radius 1 is 1.29 bits per heavy atom. The van der Waals surface area contributed by atoms with E-state index >= 15 is 0 Å². The third-order valence-electron chi connectivity index (χ3n) is 4.93. The molecular weight excluding hydrogens is 283 g/mol. The normalized spacial score (nSPS) is 28.1. The second-order valence-corrected chi connectivity index (χ2v) is 8.17. The van der Waals surface area contributed by atoms with E-state index in [-0.39, 0.29) is 18.3 Å². The van der Waals surface area contributed by atoms with Gasteiger partial charge in [-0.05, 0) is 46.5 Å². The molecule has 0 aliphatic carbocycles. The Labute approximate surface area is 132 Å². The Hall–Kier alpha value is -0.585. The van der Waals surface area contributed by atoms with E-state index in [1.54, 1.807) is 11.3 Å². The van der Waals surface area contributed by atoms with Gasteiger partial charge in [-0.1, -0.05) is 6.92 Å². The second kappa shape index (κ2) is 5.25. The van der Waals surface area contributed by atoms with Crippen LogP contribution >= 0.6 is 11.3 Å². The van der Waals surface area contributed by atoms with E-state index in [9.17, 15) is 0 Å². The highest BCUT2D eigenvalue weighted by Gasteiger charge is 2.52. The molecule has 2 fully saturated rings. The number of thiazole rings is 1. The molecule has 2 aliphatic heterocycles. The smallest absolute Gasteiger partial charge is 0.398 e. The SMILES string of the molecule is C[C@H]1CCCN(c2nc(B3OC(C)(C)C(C)(C)O3)cs2)C1. The first-order valence-electron chi connectivity index (χ1n) is 7.84. The molecule has 0 aromatic carbocycles. The zero-order chi connectivity index (χ0) is 15.3. The summed E-state index contributed by atoms with van der Waals surface area (Å²) in [6.45, 7) is 12.8. The van der Waals surface area contributed by atoms with Crippen molar-refractivity contribution in [2.75, 3.05) is 18.0 Å². The molecule has 0 amide bonds. The van der Waals surface area contributed by atoms with Crippen molar-refractivity contribution < 1.29 is 9.31 Å². The van der Waals surface area contributed by atoms with Crippen LogP contribution in [0.2, 0.25) is 0 Å². The lowest BCUT2D eigenvalue weighted by Crippen LogP contribution is -2.41. The van der Waals surface area contributed by atoms with Crippen molar-refractivity contribution >= 4 is 29.2 Å². The van der Waals surface area contributed by atoms with Gasteiger partial charge in [0, 0.05) is 18.5 Å². The molecule has 6 heteroatoms. The van der Waals surface area contributed by atoms with E-state index in [0.29, 0.717) is 0 Å². The average molecular weight is 308 g/mol. The summed E-state index contributed by atoms with van der Waals surface area (Å²) in [5.74, 6) is 0.753. The predicted molar refractivity (Wildman–Crippen MR) is 88.4 cm³/mol. The molecule has 2 saturated heterocycles. The maximum absolute atomic E-state index is 6.08. The third-order valence-corrected chi connectivity index (χ3v) is 5.85. The topological polar surface area (TPSA) is 34.6 Å². The summed E-state index contributed by atoms with van der Waals surface area (Å²) in [7, 11) is -0.345. The third kappa shape index (κ3) is 2.85. The van der Waals surface area contributed by atoms with E-state index in [1.807, 2.05) is 0 Å². The fourth-order valence-corrected chi connectivity index (χ4v) is 3.72. The van der Waals surface area contributed by atoms with E-state index in [1.165, 1.54) is 12.8 Å². The summed E-state index contributed by atoms with van der Waals surface area (Å²) in [5.41, 5.74) is 0.300. The highest BCUT2D eigenvalue weighted by atomic mass is 32.1. The monoisotopic (exact) mass is 308 g/mol. The molecule has 1 aromatic rings. The fourth-order valence-electron chi connectivity index (χ4n) is 2.86. The molecule has 0 saturated carbocycles. The summed E-state index contributed by atoms with van der Waals surface area (Å²) in [4.78, 5) is 7.17. The molecular formula is C15H25BN2O2S. The minimum absolute atomic E-state index is 0.304. The van der Waals surface area contributed by atoms with Crippen molar-refractivity contribution in [1.82, 2.24) is 4.98 Å². The van der Waals surface area contributed by atoms with Crippen LogP contribution in [-0.2, 0) is 9.31 Å². The Balaban J connectivity index is 1.74. The Kier molecular flexibility index (Phi) is 3.83. The molecule has 0 bridgehead atoms. The van der Waals surface area contributed by atoms with Crippen LogP contribution in [0.5, 0.6) is 0 Å². The first-order chi connectivity index (χ1) is 9.78. The molecule has 0 spiro atoms. The molecule has 0 N–H and O–H groups in total. The maximum atomic E-state index is 6.08. The number of nitrogens with zero attached hydrogens (tertiary/aromatic N) is 2. The van der Waals surface area contributed by atoms with Gasteiger partial charge in [-0.3, -0.25) is 0 Å². The maximum Gasteiger partial charge on any atom is 0.515 e. The highest BCUT2D eigenvalue weighted by Crippen LogP contribution is 2.36. The quantitative estimate of drug-likeness (QED) is 0.787. The van der Waals surface area contributed by atoms with Gasteiger partial charge in [-0.15, -0.1) is 11.3 Å². The molecule has 3 heterocycles. The van der Waals surface area contributed by atoms with E-state index in [0.717, 1.165) is 29.7 Å². The van der Waals surface area contributed by atoms with Crippen LogP contribution in [0.3, 0.4) is 0 Å². The van der Waals surface area contributed by atoms with Gasteiger partial charge in [0.15, 0.2) is 5.13 Å². The van der Waals surface area contributed by atoms with Crippen LogP contribution in [0.15, 0.2) is 5.38 Å². The Morgan fingerprint density at radius 3 is 2.57 bits per heavy atom. The van der Waals surface area contributed by atoms with Crippen molar-refractivity contribution in [2.24, 2.45) is 5.92 Å². The molecule has 1 atom stereocenters. The number of piperidine rings is 1. The van der Waals surface area contributed by atoms with E-state index < -0.39 is 0 Å². The Bertz CT molecular complexity index is 502. The second-order valence-electron chi connectivity index (χ2n) is 7.34. The predicted octanol–water partition coefficient (Wildman–Crippen LogP) is 2.68. The van der Waals surface area contributed by atoms with E-state index in [2.05, 4.69) is 44.9 Å². The van der Waals surface area contributed by atoms with Gasteiger partial charge < -0.3 is 14.2 Å². The Morgan fingerprint density at radius 2 is 1.95 bits per heavy atom. The summed E-state index contributed by atoms with van der Waals surface area (Å²) in [6, 6.07) is 0. The van der Waals surface area contributed by atoms with Crippen LogP contribution in [0, 0.1) is 5.92 Å². The summed E-state index contributed by atoms with van der Waals surface area (Å²) in [6.07, 6.45) is 2.58. The van der Waals surface area contributed by atoms with Crippen molar-refractivity contribution in [1.29, 1.82) is 0 Å². The standard InChI is InChI=1S/C15H25BN2O2S/c1-11-7-6-8-18(9-11)13-17-12(10-21-13)16-19-14(2,3)15(4,5)20-16/h10-11H,6-9H2,1-5H3/t11-/m0/s1. The molecule has 0 unspecified atom stereocenters. The van der Waals surface area contributed by atoms with E-state index in [4.69, 9.17) is 14.3 Å². The van der Waals surface area contributed by atoms with Crippen LogP contribution in [-0.4, -0.2) is 36.4 Å². The number of hydrogen-bond acceptors (Lipinski definition) is 5. The van der Waals surface area contributed by atoms with Crippen molar-refractivity contribution in [3.8, 4) is 0 Å². The number of rotatable bonds is 2. The van der Waals surface area contributed by atoms with Crippen LogP contribution in [0.1, 0.15) is 47.5 Å². The van der Waals surface area contributed by atoms with Crippen molar-refractivity contribution in [3.05, 3.63) is 5.38 Å². The first-order valence-corrected chi connectivity index (χ1v) is 8.72. The number of aromatic nitrogens is 1. The summed E-state index contributed by atoms with van der Waals surface area (Å²) >= 11 is 1.70. The summed E-state index contributed by atoms with van der Waals surface area (Å²) < 4.78 is 12.2. The van der Waals surface area contributed by atoms with Gasteiger partial charge in [0.2, 0.25) is 0 Å². The number of anilines is 1. The lowest BCUT2D eigenvalue weighted by molar-refractivity contribution is 0.00578. The lowest BCUT2D eigenvalue weighted by Gasteiger charge is -2.32. The van der Waals surface area contributed by atoms with Gasteiger partial charge in [-0.25, -0.2) is 4.98 Å². The van der Waals surface area contributed by atoms with Gasteiger partial charge in [-0.2, -0.15) is 0 Å². The molecule has 3 rings (SSSR count). The minimum Gasteiger partial charge on any atom is -0.398 e. The zero-order valence-electron chi connectivity index (χ0n) is 13.7. The molecule has 21 heavy (non-hydrogen) atoms. The zero-order valence-corrected chi connectivity index (χ0v) is 14.5. The first kappa shape index (κ1) is 15.3. The van der Waals surface area contributed by atoms with Gasteiger partial charge >= 0.3 is 7.12 Å². The fraction of sp³-hybridized carbons (Fsp3) is 0.800. The highest BCUT2D eigenvalue weighted by molar-refractivity contribution is 7.14. The molecule has 1 aromatic heterocycles. The van der Waals surface area contributed by atoms with Crippen LogP contribution in [0.4, 0.5) is 5.13 Å². The van der Waals surface area contributed by atoms with Crippen molar-refractivity contribution in [2.45, 2.75) is 58.7 Å². The largest absolute Gasteiger partial charge is 0.515 e. The van der Waals surface area contributed by atoms with Gasteiger partial charge in [0.05, 0.1) is 16.8 Å². The number of hydrogen-bond donors (Lipinski definition) is 0. The van der Waals surface area contributed by atoms with Crippen molar-refractivity contribution in [3.63, 3.8) is 0 Å². The van der Waals surface area contributed by atoms with Gasteiger partial charge in [0.1, 0.15) is 0 Å². The molecule has 0 radical (unpaired) electrons. The molecule has 4 nitrogen and oxygen atoms in total. The average Bonchev–Trinajstić information content (AvgIpc) is 2.93. The summed E-state index contributed by atoms with van der Waals surface area (Å²) in [5, 5.41) is 3.18.